The van der Waals surface area contributed by atoms with E-state index in [4.69, 9.17) is 29.2 Å². The first-order valence-corrected chi connectivity index (χ1v) is 26.7. The zero-order valence-corrected chi connectivity index (χ0v) is 45.3. The molecule has 11 rings (SSSR count). The molecule has 4 atom stereocenters. The molecule has 0 bridgehead atoms. The van der Waals surface area contributed by atoms with Gasteiger partial charge in [0, 0.05) is 72.3 Å². The van der Waals surface area contributed by atoms with Crippen LogP contribution in [0.4, 0.5) is 0 Å². The molecule has 2 aliphatic rings. The Hall–Kier alpha value is -7.32. The average molecular weight is 1130 g/mol. The third-order valence-electron chi connectivity index (χ3n) is 13.4. The molecule has 2 amide bonds. The molecule has 8 heterocycles. The van der Waals surface area contributed by atoms with Crippen LogP contribution in [0.15, 0.2) is 119 Å². The van der Waals surface area contributed by atoms with Gasteiger partial charge in [0.15, 0.2) is 11.3 Å². The standard InChI is InChI=1S/C23H22BrN5O5S.C22H23N5O3.C8H11BO3/c1-13-4-6-17(7-5-13)35(32,33)28-9-8-18-22(28)25-11-20-21(24)26-23(29(18)20)19-10-16(34-15(3)31)12-27(19)14(2)30;1-13(28)26-11-16(29)9-18(26)22-25-20(15-5-3-14(4-6-15)12-30-2)19-10-24-21-17(27(19)22)7-8-23-21;1-12-6-7-2-4-8(5-3-7)9(10)11/h4-9,11,16,19H,10,12H2,1-3H3;3-8,10,16,18,23,29H,9,11-12H2,1-2H3;2-5,10-11H,6H2,1H3/t16-,19-;16-,18-;/m11./s1. The number of aromatic nitrogens is 8. The Morgan fingerprint density at radius 3 is 1.96 bits per heavy atom. The average Bonchev–Trinajstić information content (AvgIpc) is 4.29. The summed E-state index contributed by atoms with van der Waals surface area (Å²) < 4.78 is 47.7. The number of rotatable bonds is 11. The zero-order valence-electron chi connectivity index (χ0n) is 42.9. The van der Waals surface area contributed by atoms with Gasteiger partial charge in [0.05, 0.1) is 83.0 Å². The molecular weight excluding hydrogens is 1080 g/mol. The van der Waals surface area contributed by atoms with E-state index in [2.05, 4.69) is 40.3 Å². The Labute approximate surface area is 451 Å². The first kappa shape index (κ1) is 54.5. The number of nitrogens with zero attached hydrogens (tertiary/aromatic N) is 9. The van der Waals surface area contributed by atoms with Crippen molar-refractivity contribution in [2.45, 2.75) is 82.9 Å². The summed E-state index contributed by atoms with van der Waals surface area (Å²) in [6.07, 6.45) is 6.45. The summed E-state index contributed by atoms with van der Waals surface area (Å²) in [4.78, 5) is 61.4. The molecule has 0 saturated carbocycles. The Morgan fingerprint density at radius 2 is 1.34 bits per heavy atom. The number of amides is 2. The van der Waals surface area contributed by atoms with Crippen LogP contribution in [0, 0.1) is 6.92 Å². The predicted octanol–water partition coefficient (Wildman–Crippen LogP) is 5.41. The number of carbonyl (C=O) groups excluding carboxylic acids is 3. The van der Waals surface area contributed by atoms with Crippen molar-refractivity contribution in [1.82, 2.24) is 47.5 Å². The van der Waals surface area contributed by atoms with Crippen molar-refractivity contribution in [2.75, 3.05) is 27.3 Å². The highest BCUT2D eigenvalue weighted by Crippen LogP contribution is 2.39. The van der Waals surface area contributed by atoms with E-state index in [0.717, 1.165) is 54.4 Å². The number of β-amino-alcohol motifs (C(OH)–C–C–N with tert-alkyl or cyclic N) is 1. The molecule has 6 aromatic heterocycles. The van der Waals surface area contributed by atoms with Gasteiger partial charge in [-0.2, -0.15) is 0 Å². The van der Waals surface area contributed by atoms with Crippen LogP contribution < -0.4 is 5.46 Å². The number of methoxy groups -OCH3 is 2. The fourth-order valence-corrected chi connectivity index (χ4v) is 11.6. The number of H-pyrrole nitrogens is 1. The SMILES string of the molecule is CC(=O)O[C@@H]1C[C@H](c2nc(Br)c3cnc4c(ccn4S(=O)(=O)c4ccc(C)cc4)n23)N(C(C)=O)C1.COCc1ccc(-c2nc([C@H]3C[C@@H](O)CN3C(C)=O)n3c2cnc2[nH]ccc23)cc1.COCc1ccc(B(O)O)cc1. The second-order valence-electron chi connectivity index (χ2n) is 18.8. The number of aryl methyl sites for hydroxylation is 1. The number of aromatic amines is 1. The summed E-state index contributed by atoms with van der Waals surface area (Å²) in [5, 5.41) is 27.8. The van der Waals surface area contributed by atoms with Gasteiger partial charge in [0.2, 0.25) is 11.8 Å². The number of imidazole rings is 2. The third-order valence-corrected chi connectivity index (χ3v) is 15.7. The number of esters is 1. The number of halogens is 1. The third kappa shape index (κ3) is 11.1. The molecular formula is C53H56BBrN10O11S. The lowest BCUT2D eigenvalue weighted by molar-refractivity contribution is -0.146. The van der Waals surface area contributed by atoms with Crippen LogP contribution in [0.3, 0.4) is 0 Å². The molecule has 0 spiro atoms. The van der Waals surface area contributed by atoms with Crippen LogP contribution in [-0.2, 0) is 51.8 Å². The summed E-state index contributed by atoms with van der Waals surface area (Å²) in [5.74, 6) is 0.591. The summed E-state index contributed by atoms with van der Waals surface area (Å²) in [6.45, 7) is 7.87. The van der Waals surface area contributed by atoms with Gasteiger partial charge in [-0.05, 0) is 63.7 Å². The van der Waals surface area contributed by atoms with Gasteiger partial charge < -0.3 is 44.1 Å². The number of ether oxygens (including phenoxy) is 3. The summed E-state index contributed by atoms with van der Waals surface area (Å²) in [5.41, 5.74) is 9.18. The molecule has 3 aromatic carbocycles. The number of likely N-dealkylation sites (tertiary alicyclic amines) is 2. The van der Waals surface area contributed by atoms with Crippen molar-refractivity contribution < 1.29 is 52.2 Å². The van der Waals surface area contributed by atoms with E-state index in [9.17, 15) is 27.9 Å². The summed E-state index contributed by atoms with van der Waals surface area (Å²) >= 11 is 3.47. The van der Waals surface area contributed by atoms with E-state index in [1.807, 2.05) is 43.5 Å². The topological polar surface area (TPSA) is 261 Å². The summed E-state index contributed by atoms with van der Waals surface area (Å²) in [7, 11) is -1.99. The molecule has 9 aromatic rings. The van der Waals surface area contributed by atoms with Gasteiger partial charge in [0.1, 0.15) is 22.4 Å². The first-order chi connectivity index (χ1) is 36.9. The van der Waals surface area contributed by atoms with E-state index in [1.165, 1.54) is 27.0 Å². The molecule has 400 valence electrons. The number of aliphatic hydroxyl groups is 1. The fourth-order valence-electron chi connectivity index (χ4n) is 9.86. The van der Waals surface area contributed by atoms with Crippen molar-refractivity contribution in [1.29, 1.82) is 0 Å². The maximum absolute atomic E-state index is 13.4. The predicted molar refractivity (Wildman–Crippen MR) is 289 cm³/mol. The molecule has 4 N–H and O–H groups in total. The van der Waals surface area contributed by atoms with E-state index in [-0.39, 0.29) is 34.9 Å². The number of fused-ring (bicyclic) bond motifs is 6. The number of hydrogen-bond acceptors (Lipinski definition) is 15. The molecule has 2 fully saturated rings. The van der Waals surface area contributed by atoms with Crippen LogP contribution in [-0.4, -0.2) is 135 Å². The second-order valence-corrected chi connectivity index (χ2v) is 21.4. The Morgan fingerprint density at radius 1 is 0.740 bits per heavy atom. The van der Waals surface area contributed by atoms with Crippen LogP contribution >= 0.6 is 15.9 Å². The monoisotopic (exact) mass is 1130 g/mol. The van der Waals surface area contributed by atoms with Crippen molar-refractivity contribution in [3.63, 3.8) is 0 Å². The second kappa shape index (κ2) is 22.7. The smallest absolute Gasteiger partial charge is 0.461 e. The van der Waals surface area contributed by atoms with E-state index in [0.29, 0.717) is 59.5 Å². The molecule has 0 aliphatic carbocycles. The lowest BCUT2D eigenvalue weighted by Crippen LogP contribution is -2.31. The molecule has 77 heavy (non-hydrogen) atoms. The van der Waals surface area contributed by atoms with Crippen LogP contribution in [0.1, 0.15) is 74.0 Å². The Balaban J connectivity index is 0.000000156. The molecule has 2 saturated heterocycles. The van der Waals surface area contributed by atoms with Crippen LogP contribution in [0.2, 0.25) is 0 Å². The van der Waals surface area contributed by atoms with Crippen molar-refractivity contribution in [3.8, 4) is 11.3 Å². The van der Waals surface area contributed by atoms with Gasteiger partial charge in [-0.25, -0.2) is 32.3 Å². The van der Waals surface area contributed by atoms with E-state index < -0.39 is 41.4 Å². The van der Waals surface area contributed by atoms with Crippen LogP contribution in [0.25, 0.3) is 44.6 Å². The lowest BCUT2D eigenvalue weighted by Gasteiger charge is -2.22. The number of nitrogens with one attached hydrogen (secondary N) is 1. The van der Waals surface area contributed by atoms with Gasteiger partial charge in [-0.3, -0.25) is 23.2 Å². The maximum Gasteiger partial charge on any atom is 0.488 e. The van der Waals surface area contributed by atoms with Crippen molar-refractivity contribution in [3.05, 3.63) is 143 Å². The van der Waals surface area contributed by atoms with Gasteiger partial charge >= 0.3 is 13.1 Å². The van der Waals surface area contributed by atoms with Crippen LogP contribution in [0.5, 0.6) is 0 Å². The molecule has 2 aliphatic heterocycles. The van der Waals surface area contributed by atoms with E-state index >= 15 is 0 Å². The lowest BCUT2D eigenvalue weighted by atomic mass is 9.80. The molecule has 24 heteroatoms. The minimum atomic E-state index is -3.89. The van der Waals surface area contributed by atoms with Crippen molar-refractivity contribution in [2.24, 2.45) is 0 Å². The Bertz CT molecular complexity index is 3730. The minimum Gasteiger partial charge on any atom is -0.461 e. The number of hydrogen-bond donors (Lipinski definition) is 4. The highest BCUT2D eigenvalue weighted by molar-refractivity contribution is 9.10. The highest BCUT2D eigenvalue weighted by atomic mass is 79.9. The maximum atomic E-state index is 13.4. The summed E-state index contributed by atoms with van der Waals surface area (Å²) in [6, 6.07) is 24.5. The zero-order chi connectivity index (χ0) is 54.9. The minimum absolute atomic E-state index is 0.0712. The largest absolute Gasteiger partial charge is 0.488 e. The first-order valence-electron chi connectivity index (χ1n) is 24.5. The van der Waals surface area contributed by atoms with Gasteiger partial charge in [0.25, 0.3) is 10.0 Å². The fraction of sp³-hybridized carbons (Fsp3) is 0.302. The van der Waals surface area contributed by atoms with E-state index in [1.54, 1.807) is 95.4 Å². The number of aliphatic hydroxyl groups excluding tert-OH is 1. The van der Waals surface area contributed by atoms with Gasteiger partial charge in [-0.15, -0.1) is 0 Å². The molecule has 21 nitrogen and oxygen atoms in total. The Kier molecular flexibility index (Phi) is 16.1. The molecule has 0 radical (unpaired) electrons. The quantitative estimate of drug-likeness (QED) is 0.0933. The van der Waals surface area contributed by atoms with Gasteiger partial charge in [-0.1, -0.05) is 66.2 Å². The van der Waals surface area contributed by atoms with Crippen molar-refractivity contribution >= 4 is 89.7 Å². The highest BCUT2D eigenvalue weighted by Gasteiger charge is 2.40. The number of carbonyl (C=O) groups is 3. The normalized spacial score (nSPS) is 17.4. The number of benzene rings is 3. The molecule has 0 unspecified atom stereocenters.